The van der Waals surface area contributed by atoms with Gasteiger partial charge in [0.15, 0.2) is 11.6 Å². The summed E-state index contributed by atoms with van der Waals surface area (Å²) in [7, 11) is 1.55. The zero-order valence-electron chi connectivity index (χ0n) is 17.7. The Bertz CT molecular complexity index is 1300. The molecule has 3 N–H and O–H groups in total. The van der Waals surface area contributed by atoms with E-state index >= 15 is 0 Å². The maximum atomic E-state index is 14.7. The molecule has 0 spiro atoms. The maximum absolute atomic E-state index is 14.7. The van der Waals surface area contributed by atoms with Crippen LogP contribution in [-0.4, -0.2) is 36.2 Å². The van der Waals surface area contributed by atoms with Crippen LogP contribution in [0.25, 0.3) is 11.1 Å². The first-order valence-electron chi connectivity index (χ1n) is 10.2. The quantitative estimate of drug-likeness (QED) is 0.432. The summed E-state index contributed by atoms with van der Waals surface area (Å²) < 4.78 is 33.2. The van der Waals surface area contributed by atoms with Crippen LogP contribution in [0.15, 0.2) is 30.5 Å². The molecule has 0 radical (unpaired) electrons. The lowest BCUT2D eigenvalue weighted by Gasteiger charge is -2.19. The highest BCUT2D eigenvalue weighted by atomic mass is 19.1. The second-order valence-electron chi connectivity index (χ2n) is 7.77. The van der Waals surface area contributed by atoms with E-state index in [1.807, 2.05) is 6.92 Å². The number of aryl methyl sites for hydroxylation is 1. The number of benzene rings is 1. The van der Waals surface area contributed by atoms with Crippen LogP contribution >= 0.6 is 0 Å². The third kappa shape index (κ3) is 3.08. The zero-order valence-corrected chi connectivity index (χ0v) is 17.7. The van der Waals surface area contributed by atoms with Crippen LogP contribution < -0.4 is 25.0 Å². The van der Waals surface area contributed by atoms with Crippen molar-refractivity contribution in [3.8, 4) is 28.5 Å². The summed E-state index contributed by atoms with van der Waals surface area (Å²) in [5.41, 5.74) is 3.59. The van der Waals surface area contributed by atoms with Crippen LogP contribution in [0.1, 0.15) is 22.6 Å². The minimum Gasteiger partial charge on any atom is -0.493 e. The molecule has 9 heteroatoms. The third-order valence-corrected chi connectivity index (χ3v) is 5.94. The molecule has 3 aromatic rings. The van der Waals surface area contributed by atoms with Crippen LogP contribution in [0.3, 0.4) is 0 Å². The molecule has 1 aromatic carbocycles. The minimum absolute atomic E-state index is 0.0885. The number of pyridine rings is 2. The van der Waals surface area contributed by atoms with Gasteiger partial charge >= 0.3 is 0 Å². The Kier molecular flexibility index (Phi) is 4.80. The van der Waals surface area contributed by atoms with Gasteiger partial charge in [-0.3, -0.25) is 15.4 Å². The normalized spacial score (nSPS) is 16.3. The Balaban J connectivity index is 1.65. The summed E-state index contributed by atoms with van der Waals surface area (Å²) in [5, 5.41) is 19.9. The van der Waals surface area contributed by atoms with Crippen LogP contribution in [0, 0.1) is 23.6 Å². The van der Waals surface area contributed by atoms with Crippen molar-refractivity contribution in [1.82, 2.24) is 9.55 Å². The third-order valence-electron chi connectivity index (χ3n) is 5.94. The van der Waals surface area contributed by atoms with Crippen molar-refractivity contribution < 1.29 is 18.6 Å². The van der Waals surface area contributed by atoms with Crippen LogP contribution in [0.4, 0.5) is 10.2 Å². The Morgan fingerprint density at radius 3 is 2.72 bits per heavy atom. The average molecular weight is 435 g/mol. The van der Waals surface area contributed by atoms with E-state index in [1.54, 1.807) is 31.5 Å². The highest BCUT2D eigenvalue weighted by Crippen LogP contribution is 2.40. The minimum atomic E-state index is -0.320. The molecule has 1 atom stereocenters. The monoisotopic (exact) mass is 435 g/mol. The van der Waals surface area contributed by atoms with Gasteiger partial charge in [0.1, 0.15) is 17.1 Å². The summed E-state index contributed by atoms with van der Waals surface area (Å²) in [6.45, 7) is 2.79. The number of halogens is 1. The van der Waals surface area contributed by atoms with Gasteiger partial charge in [-0.15, -0.1) is 0 Å². The molecular weight excluding hydrogens is 413 g/mol. The summed E-state index contributed by atoms with van der Waals surface area (Å²) in [5.74, 6) is 1.61. The van der Waals surface area contributed by atoms with Gasteiger partial charge in [0, 0.05) is 41.1 Å². The van der Waals surface area contributed by atoms with Crippen molar-refractivity contribution in [2.75, 3.05) is 25.6 Å². The molecule has 0 amide bonds. The van der Waals surface area contributed by atoms with Gasteiger partial charge < -0.3 is 19.5 Å². The highest BCUT2D eigenvalue weighted by molar-refractivity contribution is 5.75. The first kappa shape index (κ1) is 20.0. The molecule has 32 heavy (non-hydrogen) atoms. The lowest BCUT2D eigenvalue weighted by atomic mass is 9.96. The summed E-state index contributed by atoms with van der Waals surface area (Å²) >= 11 is 0. The molecule has 8 nitrogen and oxygen atoms in total. The number of hydrogen-bond donors (Lipinski definition) is 3. The second-order valence-corrected chi connectivity index (χ2v) is 7.77. The van der Waals surface area contributed by atoms with E-state index < -0.39 is 0 Å². The Morgan fingerprint density at radius 2 is 2.00 bits per heavy atom. The predicted molar refractivity (Wildman–Crippen MR) is 116 cm³/mol. The topological polar surface area (TPSA) is 105 Å². The maximum Gasteiger partial charge on any atom is 0.213 e. The Morgan fingerprint density at radius 1 is 1.22 bits per heavy atom. The molecule has 0 fully saturated rings. The number of anilines is 1. The number of nitrogens with one attached hydrogen (secondary N) is 3. The van der Waals surface area contributed by atoms with Crippen molar-refractivity contribution in [3.05, 3.63) is 58.5 Å². The van der Waals surface area contributed by atoms with Gasteiger partial charge in [-0.1, -0.05) is 0 Å². The van der Waals surface area contributed by atoms with Crippen molar-refractivity contribution in [2.45, 2.75) is 19.4 Å². The number of fused-ring (bicyclic) bond motifs is 1. The number of hydrogen-bond acceptors (Lipinski definition) is 7. The van der Waals surface area contributed by atoms with E-state index in [0.29, 0.717) is 40.9 Å². The van der Waals surface area contributed by atoms with Crippen molar-refractivity contribution >= 4 is 12.2 Å². The number of aromatic nitrogens is 2. The van der Waals surface area contributed by atoms with Gasteiger partial charge in [0.05, 0.1) is 32.6 Å². The summed E-state index contributed by atoms with van der Waals surface area (Å²) in [6.07, 6.45) is 2.69. The summed E-state index contributed by atoms with van der Waals surface area (Å²) in [4.78, 5) is 4.27. The van der Waals surface area contributed by atoms with E-state index in [-0.39, 0.29) is 30.4 Å². The van der Waals surface area contributed by atoms with Crippen LogP contribution in [-0.2, 0) is 6.54 Å². The molecule has 164 valence electrons. The molecule has 2 aliphatic heterocycles. The van der Waals surface area contributed by atoms with Gasteiger partial charge in [-0.05, 0) is 30.7 Å². The average Bonchev–Trinajstić information content (AvgIpc) is 3.23. The molecule has 5 rings (SSSR count). The molecule has 2 aromatic heterocycles. The molecule has 0 unspecified atom stereocenters. The van der Waals surface area contributed by atoms with E-state index in [2.05, 4.69) is 10.3 Å². The van der Waals surface area contributed by atoms with Crippen molar-refractivity contribution in [1.29, 1.82) is 10.8 Å². The first-order valence-corrected chi connectivity index (χ1v) is 10.2. The standard InChI is InChI=1S/C23H22FN5O3/c1-12-5-20(30-2)27-7-15(12)14-6-19-23(29(11-25)22(14)26)28-8-16-17(24)3-4-18-21(16)13(9-31-18)10-32-19/h3-7,11,13,25-26,28H,8-10H2,1-2H3/t13-/m1/s1. The van der Waals surface area contributed by atoms with Gasteiger partial charge in [0.2, 0.25) is 5.88 Å². The van der Waals surface area contributed by atoms with Crippen LogP contribution in [0.5, 0.6) is 17.4 Å². The van der Waals surface area contributed by atoms with Gasteiger partial charge in [0.25, 0.3) is 0 Å². The van der Waals surface area contributed by atoms with Crippen LogP contribution in [0.2, 0.25) is 0 Å². The first-order chi connectivity index (χ1) is 15.5. The van der Waals surface area contributed by atoms with E-state index in [1.165, 1.54) is 10.6 Å². The SMILES string of the molecule is COc1cc(C)c(-c2cc3c(n(C=N)c2=N)NCc2c(F)ccc4c2[C@H](CO4)CO3)cn1. The smallest absolute Gasteiger partial charge is 0.213 e. The van der Waals surface area contributed by atoms with Crippen molar-refractivity contribution in [2.24, 2.45) is 0 Å². The fourth-order valence-electron chi connectivity index (χ4n) is 4.31. The molecule has 0 bridgehead atoms. The largest absolute Gasteiger partial charge is 0.493 e. The second kappa shape index (κ2) is 7.67. The highest BCUT2D eigenvalue weighted by Gasteiger charge is 2.31. The molecular formula is C23H22FN5O3. The Hall–Kier alpha value is -3.88. The van der Waals surface area contributed by atoms with Gasteiger partial charge in [-0.2, -0.15) is 0 Å². The fourth-order valence-corrected chi connectivity index (χ4v) is 4.31. The fraction of sp³-hybridized carbons (Fsp3) is 0.261. The number of rotatable bonds is 3. The summed E-state index contributed by atoms with van der Waals surface area (Å²) in [6, 6.07) is 6.61. The number of methoxy groups -OCH3 is 1. The number of nitrogens with zero attached hydrogens (tertiary/aromatic N) is 2. The van der Waals surface area contributed by atoms with Gasteiger partial charge in [-0.25, -0.2) is 9.37 Å². The predicted octanol–water partition coefficient (Wildman–Crippen LogP) is 3.42. The molecule has 0 saturated carbocycles. The Labute approximate surface area is 183 Å². The number of ether oxygens (including phenoxy) is 3. The molecule has 4 heterocycles. The molecule has 0 saturated heterocycles. The lowest BCUT2D eigenvalue weighted by molar-refractivity contribution is 0.248. The van der Waals surface area contributed by atoms with E-state index in [9.17, 15) is 4.39 Å². The van der Waals surface area contributed by atoms with E-state index in [4.69, 9.17) is 25.0 Å². The zero-order chi connectivity index (χ0) is 22.4. The molecule has 0 aliphatic carbocycles. The van der Waals surface area contributed by atoms with Crippen molar-refractivity contribution in [3.63, 3.8) is 0 Å². The lowest BCUT2D eigenvalue weighted by Crippen LogP contribution is -2.26. The molecule has 2 aliphatic rings. The van der Waals surface area contributed by atoms with E-state index in [0.717, 1.165) is 23.0 Å².